The number of carbonyl (C=O) groups is 1. The molecule has 1 amide bonds. The maximum Gasteiger partial charge on any atom is 0.253 e. The Bertz CT molecular complexity index is 996. The monoisotopic (exact) mass is 509 g/mol. The van der Waals surface area contributed by atoms with Gasteiger partial charge in [-0.25, -0.2) is 0 Å². The summed E-state index contributed by atoms with van der Waals surface area (Å²) in [6.07, 6.45) is 8.27. The van der Waals surface area contributed by atoms with E-state index in [-0.39, 0.29) is 5.91 Å². The average molecular weight is 510 g/mol. The Labute approximate surface area is 221 Å². The second kappa shape index (κ2) is 11.5. The van der Waals surface area contributed by atoms with E-state index in [1.165, 1.54) is 18.4 Å². The van der Waals surface area contributed by atoms with E-state index in [9.17, 15) is 4.79 Å². The summed E-state index contributed by atoms with van der Waals surface area (Å²) in [6.45, 7) is 4.63. The summed E-state index contributed by atoms with van der Waals surface area (Å²) in [5, 5.41) is 0.657. The van der Waals surface area contributed by atoms with Crippen molar-refractivity contribution in [1.29, 1.82) is 0 Å². The summed E-state index contributed by atoms with van der Waals surface area (Å²) in [5.41, 5.74) is 2.10. The van der Waals surface area contributed by atoms with Crippen LogP contribution in [0.5, 0.6) is 5.75 Å². The first-order valence-electron chi connectivity index (χ1n) is 13.7. The molecule has 0 bridgehead atoms. The molecule has 194 valence electrons. The van der Waals surface area contributed by atoms with Crippen molar-refractivity contribution in [3.05, 3.63) is 64.7 Å². The zero-order valence-electron chi connectivity index (χ0n) is 21.7. The molecule has 1 saturated heterocycles. The van der Waals surface area contributed by atoms with E-state index in [4.69, 9.17) is 16.3 Å². The molecule has 0 unspecified atom stereocenters. The summed E-state index contributed by atoms with van der Waals surface area (Å²) < 4.78 is 6.53. The molecule has 36 heavy (non-hydrogen) atoms. The van der Waals surface area contributed by atoms with Crippen molar-refractivity contribution in [3.8, 4) is 5.75 Å². The SMILES string of the molecule is CN1CCN([C@H]2CCC[C@H]2Oc2ccc(C3CCC(N(C)C(=O)c4ccc(Cl)cc4)CC3)cc2)CC1. The van der Waals surface area contributed by atoms with Gasteiger partial charge in [-0.15, -0.1) is 0 Å². The van der Waals surface area contributed by atoms with Gasteiger partial charge in [-0.3, -0.25) is 9.69 Å². The molecule has 5 rings (SSSR count). The zero-order valence-corrected chi connectivity index (χ0v) is 22.5. The molecule has 0 aromatic heterocycles. The van der Waals surface area contributed by atoms with Crippen LogP contribution in [0.2, 0.25) is 5.02 Å². The number of likely N-dealkylation sites (N-methyl/N-ethyl adjacent to an activating group) is 1. The molecule has 2 saturated carbocycles. The Morgan fingerprint density at radius 3 is 2.22 bits per heavy atom. The third kappa shape index (κ3) is 5.90. The smallest absolute Gasteiger partial charge is 0.253 e. The van der Waals surface area contributed by atoms with Crippen molar-refractivity contribution < 1.29 is 9.53 Å². The highest BCUT2D eigenvalue weighted by molar-refractivity contribution is 6.30. The first-order valence-corrected chi connectivity index (χ1v) is 14.1. The first kappa shape index (κ1) is 25.6. The molecule has 1 aliphatic heterocycles. The van der Waals surface area contributed by atoms with Crippen molar-refractivity contribution in [2.75, 3.05) is 40.3 Å². The molecule has 2 aliphatic carbocycles. The fraction of sp³-hybridized carbons (Fsp3) is 0.567. The fourth-order valence-electron chi connectivity index (χ4n) is 6.37. The second-order valence-electron chi connectivity index (χ2n) is 11.0. The van der Waals surface area contributed by atoms with E-state index >= 15 is 0 Å². The van der Waals surface area contributed by atoms with Crippen LogP contribution in [-0.2, 0) is 0 Å². The number of hydrogen-bond donors (Lipinski definition) is 0. The Morgan fingerprint density at radius 2 is 1.56 bits per heavy atom. The summed E-state index contributed by atoms with van der Waals surface area (Å²) in [7, 11) is 4.15. The normalized spacial score (nSPS) is 27.6. The molecular formula is C30H40ClN3O2. The van der Waals surface area contributed by atoms with Crippen molar-refractivity contribution in [2.24, 2.45) is 0 Å². The second-order valence-corrected chi connectivity index (χ2v) is 11.4. The number of rotatable bonds is 6. The van der Waals surface area contributed by atoms with E-state index in [0.29, 0.717) is 34.7 Å². The highest BCUT2D eigenvalue weighted by atomic mass is 35.5. The van der Waals surface area contributed by atoms with E-state index in [2.05, 4.69) is 41.1 Å². The lowest BCUT2D eigenvalue weighted by Crippen LogP contribution is -2.52. The van der Waals surface area contributed by atoms with Gasteiger partial charge >= 0.3 is 0 Å². The lowest BCUT2D eigenvalue weighted by molar-refractivity contribution is 0.0531. The number of ether oxygens (including phenoxy) is 1. The van der Waals surface area contributed by atoms with Gasteiger partial charge in [-0.1, -0.05) is 23.7 Å². The number of nitrogens with zero attached hydrogens (tertiary/aromatic N) is 3. The standard InChI is InChI=1S/C30H40ClN3O2/c1-32-18-20-34(21-19-32)28-4-3-5-29(28)36-27-16-10-23(11-17-27)22-8-14-26(15-9-22)33(2)30(35)24-6-12-25(31)13-7-24/h6-7,10-13,16-17,22,26,28-29H,3-5,8-9,14-15,18-21H2,1-2H3/t22?,26?,28-,29+/m0/s1. The Balaban J connectivity index is 1.12. The van der Waals surface area contributed by atoms with E-state index in [1.54, 1.807) is 12.1 Å². The van der Waals surface area contributed by atoms with E-state index < -0.39 is 0 Å². The molecule has 2 aromatic rings. The van der Waals surface area contributed by atoms with Crippen molar-refractivity contribution in [2.45, 2.75) is 69.1 Å². The minimum Gasteiger partial charge on any atom is -0.489 e. The molecule has 2 aromatic carbocycles. The largest absolute Gasteiger partial charge is 0.489 e. The average Bonchev–Trinajstić information content (AvgIpc) is 3.37. The van der Waals surface area contributed by atoms with Crippen LogP contribution in [0.3, 0.4) is 0 Å². The zero-order chi connectivity index (χ0) is 25.1. The molecule has 3 aliphatic rings. The summed E-state index contributed by atoms with van der Waals surface area (Å²) in [6, 6.07) is 16.9. The van der Waals surface area contributed by atoms with Crippen LogP contribution in [0.4, 0.5) is 0 Å². The molecule has 2 atom stereocenters. The maximum atomic E-state index is 12.9. The summed E-state index contributed by atoms with van der Waals surface area (Å²) in [4.78, 5) is 19.9. The summed E-state index contributed by atoms with van der Waals surface area (Å²) >= 11 is 5.98. The van der Waals surface area contributed by atoms with Gasteiger partial charge in [0.25, 0.3) is 5.91 Å². The maximum absolute atomic E-state index is 12.9. The van der Waals surface area contributed by atoms with Crippen LogP contribution in [0.15, 0.2) is 48.5 Å². The Morgan fingerprint density at radius 1 is 0.889 bits per heavy atom. The highest BCUT2D eigenvalue weighted by Gasteiger charge is 2.35. The fourth-order valence-corrected chi connectivity index (χ4v) is 6.49. The summed E-state index contributed by atoms with van der Waals surface area (Å²) in [5.74, 6) is 1.64. The Kier molecular flexibility index (Phi) is 8.19. The predicted octanol–water partition coefficient (Wildman–Crippen LogP) is 5.69. The number of benzene rings is 2. The van der Waals surface area contributed by atoms with Gasteiger partial charge in [0.05, 0.1) is 0 Å². The Hall–Kier alpha value is -2.08. The number of carbonyl (C=O) groups excluding carboxylic acids is 1. The van der Waals surface area contributed by atoms with Crippen molar-refractivity contribution >= 4 is 17.5 Å². The van der Waals surface area contributed by atoms with Gasteiger partial charge in [-0.2, -0.15) is 0 Å². The van der Waals surface area contributed by atoms with Crippen LogP contribution in [0, 0.1) is 0 Å². The number of piperazine rings is 1. The minimum absolute atomic E-state index is 0.0819. The third-order valence-corrected chi connectivity index (χ3v) is 8.97. The lowest BCUT2D eigenvalue weighted by Gasteiger charge is -2.38. The number of amides is 1. The third-order valence-electron chi connectivity index (χ3n) is 8.72. The predicted molar refractivity (Wildman–Crippen MR) is 146 cm³/mol. The van der Waals surface area contributed by atoms with Crippen molar-refractivity contribution in [3.63, 3.8) is 0 Å². The van der Waals surface area contributed by atoms with Gasteiger partial charge in [0.15, 0.2) is 0 Å². The van der Waals surface area contributed by atoms with Gasteiger partial charge in [0.1, 0.15) is 11.9 Å². The highest BCUT2D eigenvalue weighted by Crippen LogP contribution is 2.36. The molecule has 0 N–H and O–H groups in total. The van der Waals surface area contributed by atoms with Gasteiger partial charge in [0.2, 0.25) is 0 Å². The van der Waals surface area contributed by atoms with Crippen LogP contribution in [0.25, 0.3) is 0 Å². The number of halogens is 1. The van der Waals surface area contributed by atoms with E-state index in [0.717, 1.165) is 64.0 Å². The van der Waals surface area contributed by atoms with Gasteiger partial charge in [-0.05, 0) is 99.9 Å². The molecule has 0 radical (unpaired) electrons. The van der Waals surface area contributed by atoms with Crippen LogP contribution in [0.1, 0.15) is 66.8 Å². The number of hydrogen-bond acceptors (Lipinski definition) is 4. The van der Waals surface area contributed by atoms with Gasteiger partial charge in [0, 0.05) is 55.9 Å². The lowest BCUT2D eigenvalue weighted by atomic mass is 9.81. The van der Waals surface area contributed by atoms with Crippen LogP contribution >= 0.6 is 11.6 Å². The van der Waals surface area contributed by atoms with Crippen molar-refractivity contribution in [1.82, 2.24) is 14.7 Å². The van der Waals surface area contributed by atoms with Gasteiger partial charge < -0.3 is 14.5 Å². The molecular weight excluding hydrogens is 470 g/mol. The molecule has 1 heterocycles. The quantitative estimate of drug-likeness (QED) is 0.501. The van der Waals surface area contributed by atoms with Crippen LogP contribution in [-0.4, -0.2) is 79.1 Å². The topological polar surface area (TPSA) is 36.0 Å². The molecule has 0 spiro atoms. The van der Waals surface area contributed by atoms with Crippen LogP contribution < -0.4 is 4.74 Å². The minimum atomic E-state index is 0.0819. The molecule has 3 fully saturated rings. The molecule has 5 nitrogen and oxygen atoms in total. The van der Waals surface area contributed by atoms with E-state index in [1.807, 2.05) is 24.1 Å². The first-order chi connectivity index (χ1) is 17.5. The molecule has 6 heteroatoms.